The lowest BCUT2D eigenvalue weighted by Gasteiger charge is -2.32. The molecule has 1 aliphatic rings. The molecule has 0 amide bonds. The highest BCUT2D eigenvalue weighted by atomic mass is 19.3. The van der Waals surface area contributed by atoms with Crippen LogP contribution in [0, 0.1) is 0 Å². The van der Waals surface area contributed by atoms with Gasteiger partial charge in [-0.25, -0.2) is 8.78 Å². The zero-order valence-electron chi connectivity index (χ0n) is 16.3. The van der Waals surface area contributed by atoms with Gasteiger partial charge in [-0.3, -0.25) is 14.7 Å². The van der Waals surface area contributed by atoms with Crippen molar-refractivity contribution in [3.05, 3.63) is 58.9 Å². The number of halogens is 2. The maximum absolute atomic E-state index is 12.8. The smallest absolute Gasteiger partial charge is 0.268 e. The first kappa shape index (κ1) is 19.6. The molecule has 6 nitrogen and oxygen atoms in total. The van der Waals surface area contributed by atoms with Gasteiger partial charge < -0.3 is 13.9 Å². The van der Waals surface area contributed by atoms with Crippen LogP contribution in [0.3, 0.4) is 0 Å². The fourth-order valence-electron chi connectivity index (χ4n) is 3.83. The predicted molar refractivity (Wildman–Crippen MR) is 106 cm³/mol. The Morgan fingerprint density at radius 1 is 1.24 bits per heavy atom. The van der Waals surface area contributed by atoms with Crippen LogP contribution in [0.2, 0.25) is 0 Å². The summed E-state index contributed by atoms with van der Waals surface area (Å²) in [6.07, 6.45) is 4.26. The molecule has 1 aromatic carbocycles. The summed E-state index contributed by atoms with van der Waals surface area (Å²) in [5.74, 6) is 0.744. The zero-order chi connectivity index (χ0) is 20.4. The Kier molecular flexibility index (Phi) is 5.62. The van der Waals surface area contributed by atoms with E-state index in [-0.39, 0.29) is 18.2 Å². The number of hydrogen-bond acceptors (Lipinski definition) is 4. The molecular weight excluding hydrogens is 378 g/mol. The third-order valence-corrected chi connectivity index (χ3v) is 5.35. The molecule has 1 aliphatic heterocycles. The van der Waals surface area contributed by atoms with Gasteiger partial charge in [0, 0.05) is 44.5 Å². The Labute approximate surface area is 167 Å². The number of piperidine rings is 1. The highest BCUT2D eigenvalue weighted by Crippen LogP contribution is 2.29. The second-order valence-electron chi connectivity index (χ2n) is 7.47. The summed E-state index contributed by atoms with van der Waals surface area (Å²) in [6.45, 7) is 2.13. The van der Waals surface area contributed by atoms with E-state index < -0.39 is 6.43 Å². The number of nitrogens with zero attached hydrogens (tertiary/aromatic N) is 4. The Hall–Kier alpha value is -2.74. The van der Waals surface area contributed by atoms with Crippen LogP contribution >= 0.6 is 0 Å². The SMILES string of the molecule is Cn1cc(CN2CCC(Oc3cccc4c3ccn4CC(F)F)CC2)ncc1=O. The molecule has 0 aliphatic carbocycles. The van der Waals surface area contributed by atoms with Gasteiger partial charge in [-0.1, -0.05) is 6.07 Å². The fraction of sp³-hybridized carbons (Fsp3) is 0.429. The second-order valence-corrected chi connectivity index (χ2v) is 7.47. The van der Waals surface area contributed by atoms with Gasteiger partial charge in [0.15, 0.2) is 0 Å². The van der Waals surface area contributed by atoms with Crippen molar-refractivity contribution in [2.24, 2.45) is 7.05 Å². The maximum atomic E-state index is 12.8. The molecule has 0 radical (unpaired) electrons. The summed E-state index contributed by atoms with van der Waals surface area (Å²) in [7, 11) is 1.72. The number of benzene rings is 1. The molecule has 0 atom stereocenters. The van der Waals surface area contributed by atoms with E-state index in [9.17, 15) is 13.6 Å². The van der Waals surface area contributed by atoms with Crippen LogP contribution in [0.25, 0.3) is 10.9 Å². The van der Waals surface area contributed by atoms with Crippen molar-refractivity contribution in [2.75, 3.05) is 13.1 Å². The Bertz CT molecular complexity index is 1040. The maximum Gasteiger partial charge on any atom is 0.268 e. The van der Waals surface area contributed by atoms with Crippen molar-refractivity contribution in [1.82, 2.24) is 19.0 Å². The van der Waals surface area contributed by atoms with Gasteiger partial charge in [0.1, 0.15) is 11.9 Å². The minimum absolute atomic E-state index is 0.0865. The highest BCUT2D eigenvalue weighted by molar-refractivity contribution is 5.86. The summed E-state index contributed by atoms with van der Waals surface area (Å²) < 4.78 is 34.8. The standard InChI is InChI=1S/C21H24F2N4O2/c1-25-12-15(24-11-21(25)28)13-26-8-5-16(6-9-26)29-19-4-2-3-18-17(19)7-10-27(18)14-20(22)23/h2-4,7,10-12,16,20H,5-6,8-9,13-14H2,1H3. The molecule has 3 aromatic rings. The van der Waals surface area contributed by atoms with E-state index in [1.165, 1.54) is 6.20 Å². The molecule has 1 saturated heterocycles. The number of fused-ring (bicyclic) bond motifs is 1. The number of hydrogen-bond donors (Lipinski definition) is 0. The largest absolute Gasteiger partial charge is 0.490 e. The van der Waals surface area contributed by atoms with Crippen LogP contribution in [0.1, 0.15) is 18.5 Å². The van der Waals surface area contributed by atoms with Gasteiger partial charge in [-0.15, -0.1) is 0 Å². The minimum Gasteiger partial charge on any atom is -0.490 e. The van der Waals surface area contributed by atoms with Crippen LogP contribution in [0.15, 0.2) is 47.7 Å². The van der Waals surface area contributed by atoms with Crippen molar-refractivity contribution in [2.45, 2.75) is 38.5 Å². The lowest BCUT2D eigenvalue weighted by atomic mass is 10.1. The van der Waals surface area contributed by atoms with E-state index in [4.69, 9.17) is 4.74 Å². The number of ether oxygens (including phenoxy) is 1. The van der Waals surface area contributed by atoms with Gasteiger partial charge in [-0.05, 0) is 31.0 Å². The van der Waals surface area contributed by atoms with Gasteiger partial charge in [0.2, 0.25) is 0 Å². The highest BCUT2D eigenvalue weighted by Gasteiger charge is 2.22. The normalized spacial score (nSPS) is 16.0. The molecule has 2 aromatic heterocycles. The van der Waals surface area contributed by atoms with Gasteiger partial charge in [0.25, 0.3) is 12.0 Å². The zero-order valence-corrected chi connectivity index (χ0v) is 16.3. The average molecular weight is 402 g/mol. The van der Waals surface area contributed by atoms with Crippen molar-refractivity contribution in [3.63, 3.8) is 0 Å². The number of rotatable bonds is 6. The van der Waals surface area contributed by atoms with Crippen molar-refractivity contribution < 1.29 is 13.5 Å². The molecule has 4 rings (SSSR count). The second kappa shape index (κ2) is 8.32. The molecule has 0 saturated carbocycles. The summed E-state index contributed by atoms with van der Waals surface area (Å²) in [5, 5.41) is 0.866. The first-order valence-corrected chi connectivity index (χ1v) is 9.76. The lowest BCUT2D eigenvalue weighted by molar-refractivity contribution is 0.0971. The summed E-state index contributed by atoms with van der Waals surface area (Å²) in [4.78, 5) is 18.0. The van der Waals surface area contributed by atoms with E-state index >= 15 is 0 Å². The molecule has 154 valence electrons. The Morgan fingerprint density at radius 2 is 2.03 bits per heavy atom. The molecule has 0 N–H and O–H groups in total. The van der Waals surface area contributed by atoms with Crippen LogP contribution in [0.4, 0.5) is 8.78 Å². The first-order valence-electron chi connectivity index (χ1n) is 9.76. The number of aryl methyl sites for hydroxylation is 1. The van der Waals surface area contributed by atoms with Crippen molar-refractivity contribution in [3.8, 4) is 5.75 Å². The summed E-state index contributed by atoms with van der Waals surface area (Å²) in [6, 6.07) is 7.43. The lowest BCUT2D eigenvalue weighted by Crippen LogP contribution is -2.38. The van der Waals surface area contributed by atoms with E-state index in [0.29, 0.717) is 6.54 Å². The first-order chi connectivity index (χ1) is 14.0. The van der Waals surface area contributed by atoms with Crippen LogP contribution in [0.5, 0.6) is 5.75 Å². The number of aromatic nitrogens is 3. The summed E-state index contributed by atoms with van der Waals surface area (Å²) >= 11 is 0. The molecule has 8 heteroatoms. The molecular formula is C21H24F2N4O2. The predicted octanol–water partition coefficient (Wildman–Crippen LogP) is 3.04. The monoisotopic (exact) mass is 402 g/mol. The fourth-order valence-corrected chi connectivity index (χ4v) is 3.83. The molecule has 0 bridgehead atoms. The van der Waals surface area contributed by atoms with Crippen LogP contribution in [-0.2, 0) is 20.1 Å². The number of alkyl halides is 2. The van der Waals surface area contributed by atoms with E-state index in [2.05, 4.69) is 9.88 Å². The topological polar surface area (TPSA) is 52.3 Å². The van der Waals surface area contributed by atoms with Gasteiger partial charge in [-0.2, -0.15) is 0 Å². The summed E-state index contributed by atoms with van der Waals surface area (Å²) in [5.41, 5.74) is 1.52. The van der Waals surface area contributed by atoms with E-state index in [1.54, 1.807) is 28.6 Å². The van der Waals surface area contributed by atoms with Crippen molar-refractivity contribution in [1.29, 1.82) is 0 Å². The molecule has 1 fully saturated rings. The van der Waals surface area contributed by atoms with Gasteiger partial charge >= 0.3 is 0 Å². The Balaban J connectivity index is 1.38. The number of likely N-dealkylation sites (tertiary alicyclic amines) is 1. The van der Waals surface area contributed by atoms with Crippen LogP contribution < -0.4 is 10.3 Å². The molecule has 29 heavy (non-hydrogen) atoms. The van der Waals surface area contributed by atoms with Gasteiger partial charge in [0.05, 0.1) is 24.0 Å². The molecule has 0 spiro atoms. The minimum atomic E-state index is -2.39. The molecule has 0 unspecified atom stereocenters. The quantitative estimate of drug-likeness (QED) is 0.636. The average Bonchev–Trinajstić information content (AvgIpc) is 3.10. The third kappa shape index (κ3) is 4.48. The third-order valence-electron chi connectivity index (χ3n) is 5.35. The van der Waals surface area contributed by atoms with E-state index in [1.807, 2.05) is 24.3 Å². The Morgan fingerprint density at radius 3 is 2.76 bits per heavy atom. The van der Waals surface area contributed by atoms with E-state index in [0.717, 1.165) is 48.3 Å². The van der Waals surface area contributed by atoms with Crippen molar-refractivity contribution >= 4 is 10.9 Å². The van der Waals surface area contributed by atoms with Crippen LogP contribution in [-0.4, -0.2) is 44.6 Å². The molecule has 3 heterocycles.